The van der Waals surface area contributed by atoms with Crippen molar-refractivity contribution in [1.29, 1.82) is 0 Å². The molecule has 1 rings (SSSR count). The third-order valence-electron chi connectivity index (χ3n) is 1.10. The highest BCUT2D eigenvalue weighted by atomic mass is 32.2. The van der Waals surface area contributed by atoms with Crippen LogP contribution in [0.15, 0.2) is 23.4 Å². The molecule has 0 fully saturated rings. The van der Waals surface area contributed by atoms with Gasteiger partial charge in [0.1, 0.15) is 9.35 Å². The van der Waals surface area contributed by atoms with E-state index in [1.165, 1.54) is 11.8 Å². The minimum atomic E-state index is 0.788. The maximum Gasteiger partial charge on any atom is 0.142 e. The van der Waals surface area contributed by atoms with Crippen molar-refractivity contribution in [3.05, 3.63) is 18.3 Å². The zero-order valence-electron chi connectivity index (χ0n) is 6.89. The zero-order valence-corrected chi connectivity index (χ0v) is 8.52. The Kier molecular flexibility index (Phi) is 3.43. The second-order valence-corrected chi connectivity index (χ2v) is 3.98. The summed E-state index contributed by atoms with van der Waals surface area (Å²) in [6, 6.07) is 3.72. The predicted octanol–water partition coefficient (Wildman–Crippen LogP) is 1.42. The molecule has 0 amide bonds. The van der Waals surface area contributed by atoms with E-state index in [2.05, 4.69) is 10.2 Å². The number of hydrogen-bond donors (Lipinski definition) is 0. The first-order chi connectivity index (χ1) is 5.70. The summed E-state index contributed by atoms with van der Waals surface area (Å²) >= 11 is 6.52. The van der Waals surface area contributed by atoms with Crippen LogP contribution in [0.3, 0.4) is 0 Å². The lowest BCUT2D eigenvalue weighted by molar-refractivity contribution is 0.647. The highest BCUT2D eigenvalue weighted by Crippen LogP contribution is 2.16. The van der Waals surface area contributed by atoms with Crippen LogP contribution in [0.25, 0.3) is 0 Å². The van der Waals surface area contributed by atoms with Gasteiger partial charge in [-0.05, 0) is 23.9 Å². The van der Waals surface area contributed by atoms with Crippen LogP contribution >= 0.6 is 24.0 Å². The summed E-state index contributed by atoms with van der Waals surface area (Å²) in [5.41, 5.74) is 0. The maximum absolute atomic E-state index is 5.08. The van der Waals surface area contributed by atoms with Crippen molar-refractivity contribution in [2.45, 2.75) is 5.03 Å². The zero-order chi connectivity index (χ0) is 8.97. The predicted molar refractivity (Wildman–Crippen MR) is 54.2 cm³/mol. The number of aromatic nitrogens is 2. The van der Waals surface area contributed by atoms with E-state index in [0.29, 0.717) is 0 Å². The van der Waals surface area contributed by atoms with Crippen LogP contribution in [-0.4, -0.2) is 33.5 Å². The molecule has 0 aliphatic heterocycles. The van der Waals surface area contributed by atoms with Crippen LogP contribution in [0.4, 0.5) is 0 Å². The lowest BCUT2D eigenvalue weighted by atomic mass is 10.6. The van der Waals surface area contributed by atoms with E-state index in [0.717, 1.165) is 9.35 Å². The lowest BCUT2D eigenvalue weighted by Crippen LogP contribution is -2.15. The average molecular weight is 199 g/mol. The Morgan fingerprint density at radius 3 is 2.83 bits per heavy atom. The van der Waals surface area contributed by atoms with Gasteiger partial charge in [-0.25, -0.2) is 0 Å². The van der Waals surface area contributed by atoms with Crippen molar-refractivity contribution in [2.75, 3.05) is 14.1 Å². The SMILES string of the molecule is CN(C)C(=S)Sc1cccnn1. The fraction of sp³-hybridized carbons (Fsp3) is 0.286. The highest BCUT2D eigenvalue weighted by Gasteiger charge is 2.02. The van der Waals surface area contributed by atoms with E-state index in [1.807, 2.05) is 31.1 Å². The smallest absolute Gasteiger partial charge is 0.142 e. The molecule has 12 heavy (non-hydrogen) atoms. The maximum atomic E-state index is 5.08. The van der Waals surface area contributed by atoms with Gasteiger partial charge in [0.05, 0.1) is 0 Å². The molecule has 0 radical (unpaired) electrons. The van der Waals surface area contributed by atoms with E-state index >= 15 is 0 Å². The van der Waals surface area contributed by atoms with Crippen molar-refractivity contribution in [3.63, 3.8) is 0 Å². The summed E-state index contributed by atoms with van der Waals surface area (Å²) in [4.78, 5) is 1.87. The van der Waals surface area contributed by atoms with E-state index in [4.69, 9.17) is 12.2 Å². The molecule has 1 heterocycles. The minimum absolute atomic E-state index is 0.788. The second-order valence-electron chi connectivity index (χ2n) is 2.32. The normalized spacial score (nSPS) is 9.50. The first kappa shape index (κ1) is 9.41. The summed E-state index contributed by atoms with van der Waals surface area (Å²) < 4.78 is 0.788. The lowest BCUT2D eigenvalue weighted by Gasteiger charge is -2.11. The first-order valence-electron chi connectivity index (χ1n) is 3.37. The Labute approximate surface area is 81.2 Å². The van der Waals surface area contributed by atoms with Crippen LogP contribution in [0.1, 0.15) is 0 Å². The fourth-order valence-electron chi connectivity index (χ4n) is 0.523. The molecule has 0 aliphatic carbocycles. The molecule has 0 unspecified atom stereocenters. The Morgan fingerprint density at radius 2 is 2.33 bits per heavy atom. The van der Waals surface area contributed by atoms with E-state index in [9.17, 15) is 0 Å². The summed E-state index contributed by atoms with van der Waals surface area (Å²) in [5, 5.41) is 8.48. The Morgan fingerprint density at radius 1 is 1.58 bits per heavy atom. The van der Waals surface area contributed by atoms with E-state index in [-0.39, 0.29) is 0 Å². The van der Waals surface area contributed by atoms with E-state index < -0.39 is 0 Å². The van der Waals surface area contributed by atoms with Gasteiger partial charge in [0.15, 0.2) is 0 Å². The van der Waals surface area contributed by atoms with Crippen LogP contribution < -0.4 is 0 Å². The van der Waals surface area contributed by atoms with E-state index in [1.54, 1.807) is 6.20 Å². The van der Waals surface area contributed by atoms with Gasteiger partial charge < -0.3 is 4.90 Å². The van der Waals surface area contributed by atoms with Gasteiger partial charge in [0.2, 0.25) is 0 Å². The Bertz CT molecular complexity index is 261. The quantitative estimate of drug-likeness (QED) is 0.504. The monoisotopic (exact) mass is 199 g/mol. The second kappa shape index (κ2) is 4.37. The summed E-state index contributed by atoms with van der Waals surface area (Å²) in [5.74, 6) is 0. The van der Waals surface area contributed by atoms with Gasteiger partial charge in [0.25, 0.3) is 0 Å². The van der Waals surface area contributed by atoms with Crippen LogP contribution in [0.2, 0.25) is 0 Å². The molecule has 0 aromatic carbocycles. The largest absolute Gasteiger partial charge is 0.363 e. The van der Waals surface area contributed by atoms with Crippen molar-refractivity contribution in [2.24, 2.45) is 0 Å². The van der Waals surface area contributed by atoms with Crippen molar-refractivity contribution in [1.82, 2.24) is 15.1 Å². The van der Waals surface area contributed by atoms with Crippen molar-refractivity contribution >= 4 is 28.3 Å². The van der Waals surface area contributed by atoms with Gasteiger partial charge in [-0.3, -0.25) is 0 Å². The number of hydrogen-bond acceptors (Lipinski definition) is 4. The summed E-state index contributed by atoms with van der Waals surface area (Å²) in [6.45, 7) is 0. The number of nitrogens with zero attached hydrogens (tertiary/aromatic N) is 3. The van der Waals surface area contributed by atoms with Crippen molar-refractivity contribution < 1.29 is 0 Å². The molecule has 0 spiro atoms. The molecule has 3 nitrogen and oxygen atoms in total. The van der Waals surface area contributed by atoms with Crippen LogP contribution in [-0.2, 0) is 0 Å². The molecular formula is C7H9N3S2. The van der Waals surface area contributed by atoms with Gasteiger partial charge in [-0.2, -0.15) is 5.10 Å². The van der Waals surface area contributed by atoms with Crippen LogP contribution in [0.5, 0.6) is 0 Å². The molecule has 0 saturated carbocycles. The summed E-state index contributed by atoms with van der Waals surface area (Å²) in [6.07, 6.45) is 1.64. The molecule has 0 bridgehead atoms. The third kappa shape index (κ3) is 2.75. The molecule has 5 heteroatoms. The first-order valence-corrected chi connectivity index (χ1v) is 4.59. The molecule has 0 N–H and O–H groups in total. The summed E-state index contributed by atoms with van der Waals surface area (Å²) in [7, 11) is 3.82. The molecule has 1 aromatic heterocycles. The van der Waals surface area contributed by atoms with Gasteiger partial charge in [-0.1, -0.05) is 12.2 Å². The van der Waals surface area contributed by atoms with Gasteiger partial charge in [0, 0.05) is 20.3 Å². The van der Waals surface area contributed by atoms with Gasteiger partial charge in [-0.15, -0.1) is 5.10 Å². The minimum Gasteiger partial charge on any atom is -0.363 e. The highest BCUT2D eigenvalue weighted by molar-refractivity contribution is 8.22. The molecule has 64 valence electrons. The molecule has 0 atom stereocenters. The molecular weight excluding hydrogens is 190 g/mol. The molecule has 0 aliphatic rings. The molecule has 0 saturated heterocycles. The number of thiocarbonyl (C=S) groups is 1. The fourth-order valence-corrected chi connectivity index (χ4v) is 1.37. The molecule has 1 aromatic rings. The Hall–Kier alpha value is -0.680. The topological polar surface area (TPSA) is 29.0 Å². The standard InChI is InChI=1S/C7H9N3S2/c1-10(2)7(11)12-6-4-3-5-8-9-6/h3-5H,1-2H3. The number of thioether (sulfide) groups is 1. The van der Waals surface area contributed by atoms with Crippen molar-refractivity contribution in [3.8, 4) is 0 Å². The number of rotatable bonds is 1. The average Bonchev–Trinajstić information content (AvgIpc) is 2.06. The van der Waals surface area contributed by atoms with Crippen LogP contribution in [0, 0.1) is 0 Å². The third-order valence-corrected chi connectivity index (χ3v) is 2.69. The van der Waals surface area contributed by atoms with Gasteiger partial charge >= 0.3 is 0 Å². The Balaban J connectivity index is 2.59.